The largest absolute Gasteiger partial charge is 0.452 e. The van der Waals surface area contributed by atoms with E-state index in [-0.39, 0.29) is 23.2 Å². The monoisotopic (exact) mass is 382 g/mol. The molecule has 0 heterocycles. The zero-order valence-electron chi connectivity index (χ0n) is 15.6. The predicted octanol–water partition coefficient (Wildman–Crippen LogP) is 3.80. The van der Waals surface area contributed by atoms with Crippen molar-refractivity contribution >= 4 is 29.3 Å². The Hall–Kier alpha value is -2.09. The topological polar surface area (TPSA) is 98.5 Å². The van der Waals surface area contributed by atoms with E-state index < -0.39 is 17.5 Å². The van der Waals surface area contributed by atoms with Gasteiger partial charge in [-0.2, -0.15) is 0 Å². The summed E-state index contributed by atoms with van der Waals surface area (Å²) in [6.45, 7) is 5.80. The summed E-state index contributed by atoms with van der Waals surface area (Å²) in [6.07, 6.45) is 4.69. The number of nitrogens with zero attached hydrogens (tertiary/aromatic N) is 1. The first kappa shape index (κ1) is 22.0. The highest BCUT2D eigenvalue weighted by Gasteiger charge is 2.18. The maximum absolute atomic E-state index is 12.0. The van der Waals surface area contributed by atoms with Gasteiger partial charge in [0.1, 0.15) is 0 Å². The van der Waals surface area contributed by atoms with E-state index >= 15 is 0 Å². The maximum atomic E-state index is 12.0. The van der Waals surface area contributed by atoms with Crippen LogP contribution in [-0.2, 0) is 9.53 Å². The average molecular weight is 382 g/mol. The molecule has 0 unspecified atom stereocenters. The fraction of sp³-hybridized carbons (Fsp3) is 0.556. The number of hydrogen-bond donors (Lipinski definition) is 1. The Balaban J connectivity index is 2.52. The van der Waals surface area contributed by atoms with Crippen molar-refractivity contribution in [2.24, 2.45) is 5.92 Å². The Morgan fingerprint density at radius 2 is 1.96 bits per heavy atom. The summed E-state index contributed by atoms with van der Waals surface area (Å²) in [7, 11) is 0. The molecule has 1 aromatic rings. The molecule has 0 aliphatic heterocycles. The molecule has 144 valence electrons. The van der Waals surface area contributed by atoms with Gasteiger partial charge in [-0.25, -0.2) is 4.79 Å². The number of carbonyl (C=O) groups is 2. The van der Waals surface area contributed by atoms with Crippen molar-refractivity contribution in [2.75, 3.05) is 12.9 Å². The molecular weight excluding hydrogens is 356 g/mol. The smallest absolute Gasteiger partial charge is 0.338 e. The minimum absolute atomic E-state index is 0.00176. The van der Waals surface area contributed by atoms with Crippen LogP contribution in [0.3, 0.4) is 0 Å². The van der Waals surface area contributed by atoms with Gasteiger partial charge in [-0.15, -0.1) is 11.8 Å². The average Bonchev–Trinajstić information content (AvgIpc) is 2.58. The van der Waals surface area contributed by atoms with Crippen LogP contribution in [0.5, 0.6) is 0 Å². The Bertz CT molecular complexity index is 648. The third-order valence-corrected chi connectivity index (χ3v) is 4.56. The summed E-state index contributed by atoms with van der Waals surface area (Å²) >= 11 is 1.22. The lowest BCUT2D eigenvalue weighted by molar-refractivity contribution is -0.387. The van der Waals surface area contributed by atoms with Crippen molar-refractivity contribution in [1.82, 2.24) is 5.32 Å². The number of nitro benzene ring substituents is 1. The van der Waals surface area contributed by atoms with Crippen molar-refractivity contribution in [2.45, 2.75) is 51.0 Å². The normalized spacial score (nSPS) is 11.9. The summed E-state index contributed by atoms with van der Waals surface area (Å²) in [5, 5.41) is 13.8. The van der Waals surface area contributed by atoms with Gasteiger partial charge >= 0.3 is 5.97 Å². The minimum atomic E-state index is -0.761. The van der Waals surface area contributed by atoms with Gasteiger partial charge in [0, 0.05) is 12.1 Å². The molecule has 1 aromatic carbocycles. The lowest BCUT2D eigenvalue weighted by Crippen LogP contribution is -2.35. The highest BCUT2D eigenvalue weighted by molar-refractivity contribution is 7.98. The molecule has 1 atom stereocenters. The highest BCUT2D eigenvalue weighted by Crippen LogP contribution is 2.28. The summed E-state index contributed by atoms with van der Waals surface area (Å²) in [5.41, 5.74) is -0.109. The molecule has 0 saturated carbocycles. The van der Waals surface area contributed by atoms with Crippen LogP contribution in [0, 0.1) is 16.0 Å². The fourth-order valence-electron chi connectivity index (χ4n) is 2.40. The lowest BCUT2D eigenvalue weighted by atomic mass is 10.0. The van der Waals surface area contributed by atoms with Gasteiger partial charge in [0.05, 0.1) is 15.4 Å². The number of nitrogens with one attached hydrogen (secondary N) is 1. The van der Waals surface area contributed by atoms with Gasteiger partial charge in [-0.1, -0.05) is 26.7 Å². The molecule has 0 fully saturated rings. The Labute approximate surface area is 158 Å². The molecular formula is C18H26N2O5S. The third kappa shape index (κ3) is 7.43. The molecule has 26 heavy (non-hydrogen) atoms. The van der Waals surface area contributed by atoms with Crippen molar-refractivity contribution in [3.8, 4) is 0 Å². The van der Waals surface area contributed by atoms with Gasteiger partial charge in [-0.05, 0) is 37.7 Å². The van der Waals surface area contributed by atoms with Crippen molar-refractivity contribution in [3.05, 3.63) is 33.9 Å². The second kappa shape index (κ2) is 10.8. The molecule has 0 radical (unpaired) electrons. The summed E-state index contributed by atoms with van der Waals surface area (Å²) in [4.78, 5) is 34.8. The molecule has 8 heteroatoms. The number of ether oxygens (including phenoxy) is 1. The number of nitro groups is 1. The molecule has 7 nitrogen and oxygen atoms in total. The minimum Gasteiger partial charge on any atom is -0.452 e. The Kier molecular flexibility index (Phi) is 9.12. The molecule has 0 spiro atoms. The van der Waals surface area contributed by atoms with Crippen molar-refractivity contribution in [1.29, 1.82) is 0 Å². The number of thioether (sulfide) groups is 1. The summed E-state index contributed by atoms with van der Waals surface area (Å²) < 4.78 is 4.96. The van der Waals surface area contributed by atoms with Gasteiger partial charge < -0.3 is 10.1 Å². The number of hydrogen-bond acceptors (Lipinski definition) is 6. The molecule has 1 rings (SSSR count). The first-order chi connectivity index (χ1) is 12.2. The van der Waals surface area contributed by atoms with Crippen LogP contribution >= 0.6 is 11.8 Å². The molecule has 0 aliphatic carbocycles. The van der Waals surface area contributed by atoms with Gasteiger partial charge in [0.2, 0.25) is 0 Å². The van der Waals surface area contributed by atoms with Crippen LogP contribution in [0.15, 0.2) is 23.1 Å². The van der Waals surface area contributed by atoms with Gasteiger partial charge in [0.15, 0.2) is 6.61 Å². The number of amides is 1. The Morgan fingerprint density at radius 3 is 2.54 bits per heavy atom. The number of rotatable bonds is 10. The molecule has 0 saturated heterocycles. The van der Waals surface area contributed by atoms with E-state index in [1.807, 2.05) is 6.92 Å². The SMILES string of the molecule is CSc1ccc(C(=O)OCC(=O)N[C@H](C)CCCC(C)C)cc1[N+](=O)[O-]. The standard InChI is InChI=1S/C18H26N2O5S/c1-12(2)6-5-7-13(3)19-17(21)11-25-18(22)14-8-9-16(26-4)15(10-14)20(23)24/h8-10,12-13H,5-7,11H2,1-4H3,(H,19,21)/t13-/m1/s1. The third-order valence-electron chi connectivity index (χ3n) is 3.77. The molecule has 0 aromatic heterocycles. The van der Waals surface area contributed by atoms with E-state index in [0.717, 1.165) is 19.3 Å². The van der Waals surface area contributed by atoms with Gasteiger partial charge in [-0.3, -0.25) is 14.9 Å². The van der Waals surface area contributed by atoms with Crippen LogP contribution in [0.1, 0.15) is 50.4 Å². The number of esters is 1. The van der Waals surface area contributed by atoms with Crippen molar-refractivity contribution < 1.29 is 19.2 Å². The van der Waals surface area contributed by atoms with Crippen LogP contribution in [-0.4, -0.2) is 35.7 Å². The fourth-order valence-corrected chi connectivity index (χ4v) is 2.94. The van der Waals surface area contributed by atoms with E-state index in [2.05, 4.69) is 19.2 Å². The van der Waals surface area contributed by atoms with Crippen LogP contribution in [0.4, 0.5) is 5.69 Å². The van der Waals surface area contributed by atoms with Crippen LogP contribution < -0.4 is 5.32 Å². The van der Waals surface area contributed by atoms with E-state index in [9.17, 15) is 19.7 Å². The van der Waals surface area contributed by atoms with Gasteiger partial charge in [0.25, 0.3) is 11.6 Å². The number of benzene rings is 1. The quantitative estimate of drug-likeness (QED) is 0.286. The molecule has 1 amide bonds. The summed E-state index contributed by atoms with van der Waals surface area (Å²) in [5.74, 6) is -0.519. The lowest BCUT2D eigenvalue weighted by Gasteiger charge is -2.14. The zero-order chi connectivity index (χ0) is 19.7. The molecule has 0 bridgehead atoms. The predicted molar refractivity (Wildman–Crippen MR) is 101 cm³/mol. The van der Waals surface area contributed by atoms with E-state index in [4.69, 9.17) is 4.74 Å². The summed E-state index contributed by atoms with van der Waals surface area (Å²) in [6, 6.07) is 4.12. The van der Waals surface area contributed by atoms with Crippen LogP contribution in [0.2, 0.25) is 0 Å². The highest BCUT2D eigenvalue weighted by atomic mass is 32.2. The Morgan fingerprint density at radius 1 is 1.27 bits per heavy atom. The second-order valence-corrected chi connectivity index (χ2v) is 7.36. The van der Waals surface area contributed by atoms with E-state index in [0.29, 0.717) is 10.8 Å². The number of carbonyl (C=O) groups excluding carboxylic acids is 2. The van der Waals surface area contributed by atoms with E-state index in [1.54, 1.807) is 6.26 Å². The maximum Gasteiger partial charge on any atom is 0.338 e. The van der Waals surface area contributed by atoms with Crippen molar-refractivity contribution in [3.63, 3.8) is 0 Å². The van der Waals surface area contributed by atoms with E-state index in [1.165, 1.54) is 30.0 Å². The second-order valence-electron chi connectivity index (χ2n) is 6.51. The molecule has 1 N–H and O–H groups in total. The molecule has 0 aliphatic rings. The first-order valence-electron chi connectivity index (χ1n) is 8.53. The zero-order valence-corrected chi connectivity index (χ0v) is 16.4. The first-order valence-corrected chi connectivity index (χ1v) is 9.76. The van der Waals surface area contributed by atoms with Crippen LogP contribution in [0.25, 0.3) is 0 Å².